The van der Waals surface area contributed by atoms with Gasteiger partial charge in [-0.25, -0.2) is 8.42 Å². The van der Waals surface area contributed by atoms with E-state index in [1.807, 2.05) is 4.90 Å². The van der Waals surface area contributed by atoms with Crippen LogP contribution in [0.1, 0.15) is 39.0 Å². The number of hydrogen-bond donors (Lipinski definition) is 1. The minimum Gasteiger partial charge on any atom is -0.480 e. The largest absolute Gasteiger partial charge is 0.480 e. The Kier molecular flexibility index (Phi) is 3.69. The summed E-state index contributed by atoms with van der Waals surface area (Å²) in [6.07, 6.45) is 3.92. The SMILES string of the molecule is CC1(C(=O)O)CCCCN1C1CCCS(=O)(=O)C1. The van der Waals surface area contributed by atoms with E-state index in [0.717, 1.165) is 19.3 Å². The van der Waals surface area contributed by atoms with Crippen molar-refractivity contribution in [3.63, 3.8) is 0 Å². The quantitative estimate of drug-likeness (QED) is 0.810. The number of nitrogens with zero attached hydrogens (tertiary/aromatic N) is 1. The first-order valence-electron chi connectivity index (χ1n) is 6.56. The Morgan fingerprint density at radius 2 is 2.06 bits per heavy atom. The smallest absolute Gasteiger partial charge is 0.323 e. The fourth-order valence-corrected chi connectivity index (χ4v) is 4.91. The minimum absolute atomic E-state index is 0.120. The number of likely N-dealkylation sites (tertiary alicyclic amines) is 1. The lowest BCUT2D eigenvalue weighted by Crippen LogP contribution is -2.61. The molecule has 2 aliphatic rings. The molecule has 2 heterocycles. The summed E-state index contributed by atoms with van der Waals surface area (Å²) in [5.74, 6) is -0.457. The van der Waals surface area contributed by atoms with E-state index in [1.165, 1.54) is 0 Å². The molecule has 6 heteroatoms. The third kappa shape index (κ3) is 2.54. The molecule has 0 radical (unpaired) electrons. The molecule has 0 aromatic carbocycles. The van der Waals surface area contributed by atoms with Gasteiger partial charge in [0.25, 0.3) is 0 Å². The molecule has 1 N–H and O–H groups in total. The van der Waals surface area contributed by atoms with E-state index in [-0.39, 0.29) is 17.5 Å². The molecule has 0 aromatic heterocycles. The first kappa shape index (κ1) is 13.8. The Balaban J connectivity index is 2.21. The van der Waals surface area contributed by atoms with Crippen LogP contribution in [0.15, 0.2) is 0 Å². The van der Waals surface area contributed by atoms with Crippen LogP contribution in [0.3, 0.4) is 0 Å². The lowest BCUT2D eigenvalue weighted by Gasteiger charge is -2.47. The molecular weight excluding hydrogens is 254 g/mol. The van der Waals surface area contributed by atoms with E-state index in [2.05, 4.69) is 0 Å². The molecule has 2 unspecified atom stereocenters. The Labute approximate surface area is 108 Å². The summed E-state index contributed by atoms with van der Waals surface area (Å²) in [5, 5.41) is 9.44. The maximum absolute atomic E-state index is 11.7. The molecule has 2 atom stereocenters. The van der Waals surface area contributed by atoms with Gasteiger partial charge in [-0.2, -0.15) is 0 Å². The standard InChI is InChI=1S/C12H21NO4S/c1-12(11(14)15)6-2-3-7-13(12)10-5-4-8-18(16,17)9-10/h10H,2-9H2,1H3,(H,14,15). The Morgan fingerprint density at radius 3 is 2.67 bits per heavy atom. The fraction of sp³-hybridized carbons (Fsp3) is 0.917. The van der Waals surface area contributed by atoms with Gasteiger partial charge in [-0.1, -0.05) is 0 Å². The van der Waals surface area contributed by atoms with Crippen LogP contribution in [-0.2, 0) is 14.6 Å². The lowest BCUT2D eigenvalue weighted by molar-refractivity contribution is -0.155. The summed E-state index contributed by atoms with van der Waals surface area (Å²) in [4.78, 5) is 13.4. The topological polar surface area (TPSA) is 74.7 Å². The second-order valence-electron chi connectivity index (χ2n) is 5.64. The van der Waals surface area contributed by atoms with Gasteiger partial charge in [0.1, 0.15) is 5.54 Å². The molecule has 104 valence electrons. The summed E-state index contributed by atoms with van der Waals surface area (Å²) in [6.45, 7) is 2.43. The summed E-state index contributed by atoms with van der Waals surface area (Å²) in [7, 11) is -2.99. The molecule has 0 aromatic rings. The maximum atomic E-state index is 11.7. The van der Waals surface area contributed by atoms with Crippen LogP contribution >= 0.6 is 0 Å². The van der Waals surface area contributed by atoms with E-state index in [4.69, 9.17) is 0 Å². The normalized spacial score (nSPS) is 37.3. The molecule has 18 heavy (non-hydrogen) atoms. The van der Waals surface area contributed by atoms with Crippen molar-refractivity contribution in [2.24, 2.45) is 0 Å². The summed E-state index contributed by atoms with van der Waals surface area (Å²) in [5.41, 5.74) is -0.893. The number of rotatable bonds is 2. The zero-order chi connectivity index (χ0) is 13.4. The molecule has 0 saturated carbocycles. The van der Waals surface area contributed by atoms with Crippen molar-refractivity contribution in [3.8, 4) is 0 Å². The zero-order valence-corrected chi connectivity index (χ0v) is 11.6. The average molecular weight is 275 g/mol. The van der Waals surface area contributed by atoms with Gasteiger partial charge in [0.15, 0.2) is 9.84 Å². The van der Waals surface area contributed by atoms with Gasteiger partial charge in [0, 0.05) is 6.04 Å². The molecule has 0 spiro atoms. The number of aliphatic carboxylic acids is 1. The van der Waals surface area contributed by atoms with Crippen molar-refractivity contribution in [1.82, 2.24) is 4.90 Å². The molecule has 2 rings (SSSR count). The van der Waals surface area contributed by atoms with Crippen LogP contribution in [0.25, 0.3) is 0 Å². The van der Waals surface area contributed by atoms with Crippen LogP contribution in [0.4, 0.5) is 0 Å². The third-order valence-corrected chi connectivity index (χ3v) is 6.09. The highest BCUT2D eigenvalue weighted by Gasteiger charge is 2.45. The van der Waals surface area contributed by atoms with Crippen molar-refractivity contribution in [3.05, 3.63) is 0 Å². The van der Waals surface area contributed by atoms with Gasteiger partial charge in [-0.05, 0) is 45.6 Å². The first-order valence-corrected chi connectivity index (χ1v) is 8.38. The highest BCUT2D eigenvalue weighted by Crippen LogP contribution is 2.33. The molecule has 5 nitrogen and oxygen atoms in total. The number of carboxylic acid groups (broad SMARTS) is 1. The fourth-order valence-electron chi connectivity index (χ4n) is 3.20. The van der Waals surface area contributed by atoms with Gasteiger partial charge in [-0.3, -0.25) is 9.69 Å². The Morgan fingerprint density at radius 1 is 1.33 bits per heavy atom. The number of carbonyl (C=O) groups is 1. The van der Waals surface area contributed by atoms with Gasteiger partial charge < -0.3 is 5.11 Å². The van der Waals surface area contributed by atoms with Crippen molar-refractivity contribution < 1.29 is 18.3 Å². The van der Waals surface area contributed by atoms with Crippen molar-refractivity contribution in [2.45, 2.75) is 50.6 Å². The average Bonchev–Trinajstić information content (AvgIpc) is 2.28. The highest BCUT2D eigenvalue weighted by molar-refractivity contribution is 7.91. The molecule has 2 saturated heterocycles. The monoisotopic (exact) mass is 275 g/mol. The van der Waals surface area contributed by atoms with E-state index in [1.54, 1.807) is 6.92 Å². The second kappa shape index (κ2) is 4.81. The van der Waals surface area contributed by atoms with Gasteiger partial charge in [0.05, 0.1) is 11.5 Å². The van der Waals surface area contributed by atoms with E-state index in [0.29, 0.717) is 19.4 Å². The maximum Gasteiger partial charge on any atom is 0.323 e. The molecule has 2 fully saturated rings. The number of carboxylic acids is 1. The lowest BCUT2D eigenvalue weighted by atomic mass is 9.86. The van der Waals surface area contributed by atoms with Crippen LogP contribution in [-0.4, -0.2) is 54.0 Å². The molecule has 0 amide bonds. The third-order valence-electron chi connectivity index (χ3n) is 4.29. The molecule has 2 aliphatic heterocycles. The van der Waals surface area contributed by atoms with Gasteiger partial charge >= 0.3 is 5.97 Å². The Hall–Kier alpha value is -0.620. The second-order valence-corrected chi connectivity index (χ2v) is 7.87. The molecule has 0 aliphatic carbocycles. The summed E-state index contributed by atoms with van der Waals surface area (Å²) >= 11 is 0. The minimum atomic E-state index is -2.99. The van der Waals surface area contributed by atoms with E-state index < -0.39 is 21.3 Å². The predicted molar refractivity (Wildman–Crippen MR) is 68.3 cm³/mol. The van der Waals surface area contributed by atoms with Crippen LogP contribution in [0.5, 0.6) is 0 Å². The van der Waals surface area contributed by atoms with Gasteiger partial charge in [0.2, 0.25) is 0 Å². The van der Waals surface area contributed by atoms with E-state index in [9.17, 15) is 18.3 Å². The van der Waals surface area contributed by atoms with Crippen LogP contribution in [0.2, 0.25) is 0 Å². The van der Waals surface area contributed by atoms with Crippen molar-refractivity contribution >= 4 is 15.8 Å². The van der Waals surface area contributed by atoms with Gasteiger partial charge in [-0.15, -0.1) is 0 Å². The first-order chi connectivity index (χ1) is 8.35. The molecular formula is C12H21NO4S. The summed E-state index contributed by atoms with van der Waals surface area (Å²) in [6, 6.07) is -0.120. The van der Waals surface area contributed by atoms with Crippen LogP contribution < -0.4 is 0 Å². The molecule has 0 bridgehead atoms. The Bertz CT molecular complexity index is 433. The number of piperidine rings is 1. The zero-order valence-electron chi connectivity index (χ0n) is 10.8. The van der Waals surface area contributed by atoms with Crippen molar-refractivity contribution in [2.75, 3.05) is 18.1 Å². The predicted octanol–water partition coefficient (Wildman–Crippen LogP) is 0.893. The van der Waals surface area contributed by atoms with E-state index >= 15 is 0 Å². The number of hydrogen-bond acceptors (Lipinski definition) is 4. The van der Waals surface area contributed by atoms with Crippen LogP contribution in [0, 0.1) is 0 Å². The summed E-state index contributed by atoms with van der Waals surface area (Å²) < 4.78 is 23.4. The highest BCUT2D eigenvalue weighted by atomic mass is 32.2. The van der Waals surface area contributed by atoms with Crippen molar-refractivity contribution in [1.29, 1.82) is 0 Å². The number of sulfone groups is 1.